The average Bonchev–Trinajstić information content (AvgIpc) is 2.84. The number of carbonyl (C=O) groups is 1. The van der Waals surface area contributed by atoms with Crippen molar-refractivity contribution in [1.29, 1.82) is 0 Å². The van der Waals surface area contributed by atoms with Gasteiger partial charge in [-0.15, -0.1) is 0 Å². The Morgan fingerprint density at radius 2 is 1.94 bits per heavy atom. The molecule has 4 rings (SSSR count). The van der Waals surface area contributed by atoms with Crippen molar-refractivity contribution in [2.75, 3.05) is 26.3 Å². The zero-order valence-corrected chi connectivity index (χ0v) is 20.4. The van der Waals surface area contributed by atoms with Crippen LogP contribution >= 0.6 is 11.6 Å². The first-order valence-electron chi connectivity index (χ1n) is 11.4. The van der Waals surface area contributed by atoms with Crippen LogP contribution in [0.5, 0.6) is 0 Å². The van der Waals surface area contributed by atoms with E-state index in [-0.39, 0.29) is 12.2 Å². The van der Waals surface area contributed by atoms with Gasteiger partial charge in [-0.2, -0.15) is 5.10 Å². The first-order valence-corrected chi connectivity index (χ1v) is 11.8. The van der Waals surface area contributed by atoms with Gasteiger partial charge in [-0.25, -0.2) is 0 Å². The van der Waals surface area contributed by atoms with Crippen LogP contribution in [-0.2, 0) is 24.9 Å². The zero-order valence-electron chi connectivity index (χ0n) is 19.7. The van der Waals surface area contributed by atoms with Crippen LogP contribution < -0.4 is 10.7 Å². The Morgan fingerprint density at radius 3 is 2.63 bits per heavy atom. The number of ether oxygens (including phenoxy) is 1. The van der Waals surface area contributed by atoms with Gasteiger partial charge in [0.15, 0.2) is 5.69 Å². The summed E-state index contributed by atoms with van der Waals surface area (Å²) in [6, 6.07) is 10.8. The van der Waals surface area contributed by atoms with Crippen molar-refractivity contribution >= 4 is 28.4 Å². The summed E-state index contributed by atoms with van der Waals surface area (Å²) in [5.41, 5.74) is 2.19. The largest absolute Gasteiger partial charge is 0.381 e. The summed E-state index contributed by atoms with van der Waals surface area (Å²) in [6.07, 6.45) is -0.823. The molecule has 2 heterocycles. The van der Waals surface area contributed by atoms with E-state index >= 15 is 0 Å². The number of amides is 1. The predicted octanol–water partition coefficient (Wildman–Crippen LogP) is 2.08. The molecule has 0 radical (unpaired) electrons. The van der Waals surface area contributed by atoms with Crippen molar-refractivity contribution in [3.8, 4) is 11.8 Å². The average molecular weight is 495 g/mol. The van der Waals surface area contributed by atoms with Crippen LogP contribution in [0.2, 0.25) is 5.02 Å². The molecule has 9 heteroatoms. The molecule has 1 atom stereocenters. The normalized spacial score (nSPS) is 14.9. The molecule has 1 saturated heterocycles. The van der Waals surface area contributed by atoms with Crippen molar-refractivity contribution in [2.24, 2.45) is 7.05 Å². The Morgan fingerprint density at radius 1 is 1.23 bits per heavy atom. The molecular formula is C26H27ClN4O4. The fraction of sp³-hybridized carbons (Fsp3) is 0.346. The number of aliphatic hydroxyl groups excluding tert-OH is 1. The lowest BCUT2D eigenvalue weighted by atomic mass is 10.0. The SMILES string of the molecule is C[C@H](O)C#Cc1cc(CN2CCOCC2)cc2c(=O)c(C(=O)NCc3ccc(Cl)cc3)nn(C)c12. The summed E-state index contributed by atoms with van der Waals surface area (Å²) in [4.78, 5) is 28.6. The summed E-state index contributed by atoms with van der Waals surface area (Å²) in [7, 11) is 1.67. The molecule has 182 valence electrons. The van der Waals surface area contributed by atoms with Gasteiger partial charge < -0.3 is 15.2 Å². The lowest BCUT2D eigenvalue weighted by Crippen LogP contribution is -2.35. The van der Waals surface area contributed by atoms with Gasteiger partial charge in [-0.3, -0.25) is 19.2 Å². The molecule has 1 aliphatic heterocycles. The molecule has 35 heavy (non-hydrogen) atoms. The lowest BCUT2D eigenvalue weighted by Gasteiger charge is -2.26. The lowest BCUT2D eigenvalue weighted by molar-refractivity contribution is 0.0342. The van der Waals surface area contributed by atoms with Crippen LogP contribution in [0.4, 0.5) is 0 Å². The molecule has 0 spiro atoms. The van der Waals surface area contributed by atoms with Gasteiger partial charge >= 0.3 is 0 Å². The highest BCUT2D eigenvalue weighted by molar-refractivity contribution is 6.30. The maximum atomic E-state index is 13.4. The van der Waals surface area contributed by atoms with Gasteiger partial charge in [0.25, 0.3) is 5.91 Å². The van der Waals surface area contributed by atoms with Crippen LogP contribution in [-0.4, -0.2) is 58.1 Å². The van der Waals surface area contributed by atoms with Crippen molar-refractivity contribution < 1.29 is 14.6 Å². The number of hydrogen-bond donors (Lipinski definition) is 2. The van der Waals surface area contributed by atoms with E-state index in [4.69, 9.17) is 16.3 Å². The molecule has 2 aromatic carbocycles. The number of hydrogen-bond acceptors (Lipinski definition) is 6. The third kappa shape index (κ3) is 6.08. The molecular weight excluding hydrogens is 468 g/mol. The van der Waals surface area contributed by atoms with Crippen LogP contribution in [0.15, 0.2) is 41.2 Å². The fourth-order valence-electron chi connectivity index (χ4n) is 3.99. The van der Waals surface area contributed by atoms with Crippen molar-refractivity contribution in [3.05, 3.63) is 74.0 Å². The molecule has 1 amide bonds. The Hall–Kier alpha value is -3.22. The van der Waals surface area contributed by atoms with Crippen LogP contribution in [0.1, 0.15) is 34.1 Å². The molecule has 3 aromatic rings. The second kappa shape index (κ2) is 11.0. The first-order chi connectivity index (χ1) is 16.8. The Kier molecular flexibility index (Phi) is 7.83. The monoisotopic (exact) mass is 494 g/mol. The van der Waals surface area contributed by atoms with E-state index in [1.807, 2.05) is 6.07 Å². The molecule has 0 bridgehead atoms. The minimum atomic E-state index is -0.823. The van der Waals surface area contributed by atoms with Crippen molar-refractivity contribution in [1.82, 2.24) is 20.0 Å². The summed E-state index contributed by atoms with van der Waals surface area (Å²) < 4.78 is 6.93. The fourth-order valence-corrected chi connectivity index (χ4v) is 4.12. The first kappa shape index (κ1) is 24.9. The molecule has 1 aromatic heterocycles. The van der Waals surface area contributed by atoms with Gasteiger partial charge in [0, 0.05) is 38.2 Å². The highest BCUT2D eigenvalue weighted by atomic mass is 35.5. The van der Waals surface area contributed by atoms with E-state index in [1.54, 1.807) is 44.3 Å². The molecule has 0 aliphatic carbocycles. The number of aromatic nitrogens is 2. The third-order valence-electron chi connectivity index (χ3n) is 5.71. The minimum absolute atomic E-state index is 0.188. The van der Waals surface area contributed by atoms with Crippen molar-refractivity contribution in [2.45, 2.75) is 26.1 Å². The van der Waals surface area contributed by atoms with Gasteiger partial charge in [-0.05, 0) is 42.3 Å². The second-order valence-electron chi connectivity index (χ2n) is 8.48. The Balaban J connectivity index is 1.72. The molecule has 8 nitrogen and oxygen atoms in total. The van der Waals surface area contributed by atoms with Gasteiger partial charge in [-0.1, -0.05) is 35.6 Å². The van der Waals surface area contributed by atoms with Crippen LogP contribution in [0, 0.1) is 11.8 Å². The standard InChI is InChI=1S/C26H27ClN4O4/c1-17(32)3-6-20-13-19(16-31-9-11-35-12-10-31)14-22-24(20)30(2)29-23(25(22)33)26(34)28-15-18-4-7-21(27)8-5-18/h4-5,7-8,13-14,17,32H,9-12,15-16H2,1-2H3,(H,28,34)/t17-/m0/s1. The number of nitrogens with zero attached hydrogens (tertiary/aromatic N) is 3. The number of rotatable bonds is 5. The molecule has 0 unspecified atom stereocenters. The minimum Gasteiger partial charge on any atom is -0.381 e. The molecule has 1 aliphatic rings. The van der Waals surface area contributed by atoms with Gasteiger partial charge in [0.1, 0.15) is 6.10 Å². The quantitative estimate of drug-likeness (QED) is 0.527. The Labute approximate surface area is 208 Å². The Bertz CT molecular complexity index is 1350. The maximum Gasteiger partial charge on any atom is 0.276 e. The number of carbonyl (C=O) groups excluding carboxylic acids is 1. The summed E-state index contributed by atoms with van der Waals surface area (Å²) in [5, 5.41) is 17.7. The number of fused-ring (bicyclic) bond motifs is 1. The zero-order chi connectivity index (χ0) is 24.9. The topological polar surface area (TPSA) is 96.7 Å². The van der Waals surface area contributed by atoms with E-state index in [0.29, 0.717) is 41.2 Å². The van der Waals surface area contributed by atoms with Crippen molar-refractivity contribution in [3.63, 3.8) is 0 Å². The maximum absolute atomic E-state index is 13.4. The molecule has 0 saturated carbocycles. The van der Waals surface area contributed by atoms with Crippen LogP contribution in [0.3, 0.4) is 0 Å². The number of morpholine rings is 1. The second-order valence-corrected chi connectivity index (χ2v) is 8.92. The molecule has 1 fully saturated rings. The summed E-state index contributed by atoms with van der Waals surface area (Å²) in [5.74, 6) is 5.17. The van der Waals surface area contributed by atoms with Gasteiger partial charge in [0.2, 0.25) is 5.43 Å². The van der Waals surface area contributed by atoms with E-state index in [1.165, 1.54) is 4.68 Å². The number of aliphatic hydroxyl groups is 1. The summed E-state index contributed by atoms with van der Waals surface area (Å²) in [6.45, 7) is 5.33. The molecule has 2 N–H and O–H groups in total. The van der Waals surface area contributed by atoms with Crippen LogP contribution in [0.25, 0.3) is 10.9 Å². The smallest absolute Gasteiger partial charge is 0.276 e. The number of halogens is 1. The highest BCUT2D eigenvalue weighted by Crippen LogP contribution is 2.20. The van der Waals surface area contributed by atoms with E-state index in [0.717, 1.165) is 24.2 Å². The highest BCUT2D eigenvalue weighted by Gasteiger charge is 2.20. The van der Waals surface area contributed by atoms with E-state index in [2.05, 4.69) is 27.2 Å². The van der Waals surface area contributed by atoms with E-state index < -0.39 is 17.4 Å². The number of aryl methyl sites for hydroxylation is 1. The number of benzene rings is 2. The van der Waals surface area contributed by atoms with Gasteiger partial charge in [0.05, 0.1) is 29.7 Å². The third-order valence-corrected chi connectivity index (χ3v) is 5.96. The summed E-state index contributed by atoms with van der Waals surface area (Å²) >= 11 is 5.92. The van der Waals surface area contributed by atoms with E-state index in [9.17, 15) is 14.7 Å². The number of nitrogens with one attached hydrogen (secondary N) is 1. The predicted molar refractivity (Wildman–Crippen MR) is 134 cm³/mol.